The quantitative estimate of drug-likeness (QED) is 0.633. The fraction of sp³-hybridized carbons (Fsp3) is 0.150. The SMILES string of the molecule is Cc1ccc(NCC(=O)NNC(=O)c2ccc3ccccc3n2)c(C)c1. The fourth-order valence-corrected chi connectivity index (χ4v) is 2.61. The average molecular weight is 348 g/mol. The summed E-state index contributed by atoms with van der Waals surface area (Å²) in [6.07, 6.45) is 0. The van der Waals surface area contributed by atoms with Crippen LogP contribution >= 0.6 is 0 Å². The van der Waals surface area contributed by atoms with Crippen LogP contribution in [-0.2, 0) is 4.79 Å². The van der Waals surface area contributed by atoms with Crippen LogP contribution in [0, 0.1) is 13.8 Å². The van der Waals surface area contributed by atoms with Crippen LogP contribution in [0.2, 0.25) is 0 Å². The van der Waals surface area contributed by atoms with Gasteiger partial charge in [-0.15, -0.1) is 0 Å². The van der Waals surface area contributed by atoms with Crippen molar-refractivity contribution < 1.29 is 9.59 Å². The van der Waals surface area contributed by atoms with E-state index in [1.54, 1.807) is 6.07 Å². The van der Waals surface area contributed by atoms with Gasteiger partial charge in [0.1, 0.15) is 5.69 Å². The van der Waals surface area contributed by atoms with E-state index in [1.807, 2.05) is 62.4 Å². The predicted molar refractivity (Wildman–Crippen MR) is 102 cm³/mol. The number of aromatic nitrogens is 1. The maximum Gasteiger partial charge on any atom is 0.288 e. The van der Waals surface area contributed by atoms with Gasteiger partial charge in [0.15, 0.2) is 0 Å². The minimum atomic E-state index is -0.462. The molecule has 3 rings (SSSR count). The van der Waals surface area contributed by atoms with Crippen molar-refractivity contribution in [3.8, 4) is 0 Å². The van der Waals surface area contributed by atoms with E-state index in [0.29, 0.717) is 0 Å². The number of amides is 2. The summed E-state index contributed by atoms with van der Waals surface area (Å²) in [6.45, 7) is 4.04. The number of nitrogens with zero attached hydrogens (tertiary/aromatic N) is 1. The van der Waals surface area contributed by atoms with Crippen LogP contribution in [0.25, 0.3) is 10.9 Å². The van der Waals surface area contributed by atoms with Crippen molar-refractivity contribution in [2.24, 2.45) is 0 Å². The minimum Gasteiger partial charge on any atom is -0.376 e. The minimum absolute atomic E-state index is 0.0509. The molecule has 0 fully saturated rings. The third kappa shape index (κ3) is 4.16. The maximum absolute atomic E-state index is 12.1. The summed E-state index contributed by atoms with van der Waals surface area (Å²) < 4.78 is 0. The number of benzene rings is 2. The van der Waals surface area contributed by atoms with Crippen LogP contribution in [0.1, 0.15) is 21.6 Å². The highest BCUT2D eigenvalue weighted by atomic mass is 16.2. The van der Waals surface area contributed by atoms with Gasteiger partial charge in [-0.05, 0) is 37.6 Å². The van der Waals surface area contributed by atoms with Crippen molar-refractivity contribution >= 4 is 28.4 Å². The van der Waals surface area contributed by atoms with E-state index in [4.69, 9.17) is 0 Å². The molecule has 2 aromatic carbocycles. The predicted octanol–water partition coefficient (Wildman–Crippen LogP) is 2.72. The van der Waals surface area contributed by atoms with Gasteiger partial charge in [-0.2, -0.15) is 0 Å². The number of para-hydroxylation sites is 1. The van der Waals surface area contributed by atoms with Crippen LogP contribution in [0.3, 0.4) is 0 Å². The molecule has 1 heterocycles. The Morgan fingerprint density at radius 3 is 2.58 bits per heavy atom. The zero-order valence-electron chi connectivity index (χ0n) is 14.7. The van der Waals surface area contributed by atoms with Crippen molar-refractivity contribution in [2.75, 3.05) is 11.9 Å². The van der Waals surface area contributed by atoms with Crippen molar-refractivity contribution in [2.45, 2.75) is 13.8 Å². The molecule has 0 unspecified atom stereocenters. The zero-order chi connectivity index (χ0) is 18.5. The number of fused-ring (bicyclic) bond motifs is 1. The first-order valence-corrected chi connectivity index (χ1v) is 8.29. The number of anilines is 1. The molecule has 132 valence electrons. The van der Waals surface area contributed by atoms with E-state index in [1.165, 1.54) is 0 Å². The molecule has 1 aromatic heterocycles. The van der Waals surface area contributed by atoms with Crippen LogP contribution < -0.4 is 16.2 Å². The molecule has 3 aromatic rings. The molecule has 0 radical (unpaired) electrons. The Labute approximate surface area is 151 Å². The molecule has 0 aliphatic heterocycles. The Morgan fingerprint density at radius 2 is 1.77 bits per heavy atom. The summed E-state index contributed by atoms with van der Waals surface area (Å²) in [7, 11) is 0. The molecule has 0 saturated carbocycles. The third-order valence-corrected chi connectivity index (χ3v) is 3.97. The molecule has 6 nitrogen and oxygen atoms in total. The standard InChI is InChI=1S/C20H20N4O2/c1-13-7-9-16(14(2)11-13)21-12-19(25)23-24-20(26)18-10-8-15-5-3-4-6-17(15)22-18/h3-11,21H,12H2,1-2H3,(H,23,25)(H,24,26). The highest BCUT2D eigenvalue weighted by Crippen LogP contribution is 2.15. The molecule has 26 heavy (non-hydrogen) atoms. The number of carbonyl (C=O) groups excluding carboxylic acids is 2. The van der Waals surface area contributed by atoms with E-state index in [9.17, 15) is 9.59 Å². The van der Waals surface area contributed by atoms with E-state index < -0.39 is 5.91 Å². The van der Waals surface area contributed by atoms with Gasteiger partial charge in [0, 0.05) is 11.1 Å². The Bertz CT molecular complexity index is 969. The summed E-state index contributed by atoms with van der Waals surface area (Å²) in [5.74, 6) is -0.810. The number of carbonyl (C=O) groups is 2. The Balaban J connectivity index is 1.54. The van der Waals surface area contributed by atoms with Crippen LogP contribution in [0.4, 0.5) is 5.69 Å². The van der Waals surface area contributed by atoms with Gasteiger partial charge < -0.3 is 5.32 Å². The number of hydrogen-bond acceptors (Lipinski definition) is 4. The Kier molecular flexibility index (Phi) is 5.12. The molecule has 2 amide bonds. The molecule has 0 spiro atoms. The lowest BCUT2D eigenvalue weighted by Gasteiger charge is -2.11. The van der Waals surface area contributed by atoms with Gasteiger partial charge in [-0.25, -0.2) is 4.98 Å². The van der Waals surface area contributed by atoms with Crippen molar-refractivity contribution in [1.82, 2.24) is 15.8 Å². The summed E-state index contributed by atoms with van der Waals surface area (Å²) in [5.41, 5.74) is 8.84. The molecule has 0 atom stereocenters. The second kappa shape index (κ2) is 7.65. The lowest BCUT2D eigenvalue weighted by atomic mass is 10.1. The molecule has 0 aliphatic carbocycles. The molecule has 0 bridgehead atoms. The van der Waals surface area contributed by atoms with Gasteiger partial charge in [-0.3, -0.25) is 20.4 Å². The number of rotatable bonds is 4. The average Bonchev–Trinajstić information content (AvgIpc) is 2.65. The van der Waals surface area contributed by atoms with Crippen molar-refractivity contribution in [3.05, 3.63) is 71.4 Å². The van der Waals surface area contributed by atoms with Gasteiger partial charge >= 0.3 is 0 Å². The second-order valence-electron chi connectivity index (χ2n) is 6.06. The van der Waals surface area contributed by atoms with E-state index in [2.05, 4.69) is 21.2 Å². The number of aryl methyl sites for hydroxylation is 2. The number of nitrogens with one attached hydrogen (secondary N) is 3. The number of hydrazine groups is 1. The van der Waals surface area contributed by atoms with Crippen molar-refractivity contribution in [1.29, 1.82) is 0 Å². The lowest BCUT2D eigenvalue weighted by Crippen LogP contribution is -2.44. The monoisotopic (exact) mass is 348 g/mol. The summed E-state index contributed by atoms with van der Waals surface area (Å²) in [5, 5.41) is 4.00. The van der Waals surface area contributed by atoms with Gasteiger partial charge in [-0.1, -0.05) is 42.0 Å². The first-order valence-electron chi connectivity index (χ1n) is 8.29. The highest BCUT2D eigenvalue weighted by molar-refractivity contribution is 5.96. The second-order valence-corrected chi connectivity index (χ2v) is 6.06. The van der Waals surface area contributed by atoms with E-state index in [0.717, 1.165) is 27.7 Å². The van der Waals surface area contributed by atoms with Gasteiger partial charge in [0.25, 0.3) is 11.8 Å². The van der Waals surface area contributed by atoms with Crippen LogP contribution in [-0.4, -0.2) is 23.3 Å². The van der Waals surface area contributed by atoms with Gasteiger partial charge in [0.2, 0.25) is 0 Å². The first kappa shape index (κ1) is 17.4. The molecular formula is C20H20N4O2. The molecule has 6 heteroatoms. The van der Waals surface area contributed by atoms with Crippen LogP contribution in [0.15, 0.2) is 54.6 Å². The molecule has 3 N–H and O–H groups in total. The fourth-order valence-electron chi connectivity index (χ4n) is 2.61. The highest BCUT2D eigenvalue weighted by Gasteiger charge is 2.10. The maximum atomic E-state index is 12.1. The third-order valence-electron chi connectivity index (χ3n) is 3.97. The van der Waals surface area contributed by atoms with Crippen LogP contribution in [0.5, 0.6) is 0 Å². The normalized spacial score (nSPS) is 10.4. The zero-order valence-corrected chi connectivity index (χ0v) is 14.7. The summed E-state index contributed by atoms with van der Waals surface area (Å²) in [6, 6.07) is 16.9. The van der Waals surface area contributed by atoms with Crippen molar-refractivity contribution in [3.63, 3.8) is 0 Å². The summed E-state index contributed by atoms with van der Waals surface area (Å²) in [4.78, 5) is 28.4. The molecule has 0 saturated heterocycles. The van der Waals surface area contributed by atoms with Gasteiger partial charge in [0.05, 0.1) is 12.1 Å². The molecule has 0 aliphatic rings. The topological polar surface area (TPSA) is 83.1 Å². The van der Waals surface area contributed by atoms with E-state index >= 15 is 0 Å². The number of hydrogen-bond donors (Lipinski definition) is 3. The first-order chi connectivity index (χ1) is 12.5. The number of pyridine rings is 1. The lowest BCUT2D eigenvalue weighted by molar-refractivity contribution is -0.120. The Morgan fingerprint density at radius 1 is 0.962 bits per heavy atom. The smallest absolute Gasteiger partial charge is 0.288 e. The Hall–Kier alpha value is -3.41. The summed E-state index contributed by atoms with van der Waals surface area (Å²) >= 11 is 0. The molecular weight excluding hydrogens is 328 g/mol. The van der Waals surface area contributed by atoms with E-state index in [-0.39, 0.29) is 18.1 Å². The largest absolute Gasteiger partial charge is 0.376 e.